The van der Waals surface area contributed by atoms with E-state index in [2.05, 4.69) is 9.97 Å². The number of nitrogens with one attached hydrogen (secondary N) is 1. The van der Waals surface area contributed by atoms with Gasteiger partial charge in [-0.15, -0.1) is 0 Å². The second-order valence-corrected chi connectivity index (χ2v) is 6.58. The molecule has 2 aromatic heterocycles. The van der Waals surface area contributed by atoms with E-state index in [1.165, 1.54) is 15.7 Å². The number of hydrogen-bond acceptors (Lipinski definition) is 6. The summed E-state index contributed by atoms with van der Waals surface area (Å²) in [6.07, 6.45) is 1.95. The Morgan fingerprint density at radius 1 is 1.17 bits per heavy atom. The Morgan fingerprint density at radius 2 is 1.90 bits per heavy atom. The molecular weight excluding hydrogens is 386 g/mol. The summed E-state index contributed by atoms with van der Waals surface area (Å²) in [5, 5.41) is 0. The lowest BCUT2D eigenvalue weighted by atomic mass is 10.2. The van der Waals surface area contributed by atoms with E-state index < -0.39 is 17.2 Å². The van der Waals surface area contributed by atoms with Crippen molar-refractivity contribution in [3.8, 4) is 0 Å². The first-order chi connectivity index (χ1) is 14.5. The molecule has 1 aromatic carbocycles. The van der Waals surface area contributed by atoms with Gasteiger partial charge in [-0.2, -0.15) is 0 Å². The van der Waals surface area contributed by atoms with Gasteiger partial charge in [0.05, 0.1) is 6.54 Å². The largest absolute Gasteiger partial charge is 0.385 e. The Morgan fingerprint density at radius 3 is 2.57 bits per heavy atom. The standard InChI is InChI=1S/C21H23N5O4/c1-30-13-7-12-25(20(28)16-10-5-6-11-23-16)17-18(22)26(21(29)24-19(17)27)14-15-8-3-2-4-9-15/h2-6,8-11H,7,12-14,22H2,1H3,(H,24,27,29). The van der Waals surface area contributed by atoms with E-state index in [4.69, 9.17) is 10.5 Å². The number of ether oxygens (including phenoxy) is 1. The quantitative estimate of drug-likeness (QED) is 0.540. The first-order valence-corrected chi connectivity index (χ1v) is 9.41. The molecule has 9 nitrogen and oxygen atoms in total. The van der Waals surface area contributed by atoms with Gasteiger partial charge in [-0.1, -0.05) is 36.4 Å². The summed E-state index contributed by atoms with van der Waals surface area (Å²) in [4.78, 5) is 45.8. The number of hydrogen-bond donors (Lipinski definition) is 2. The maximum Gasteiger partial charge on any atom is 0.330 e. The number of carbonyl (C=O) groups is 1. The molecule has 0 fully saturated rings. The van der Waals surface area contributed by atoms with Gasteiger partial charge < -0.3 is 10.5 Å². The van der Waals surface area contributed by atoms with Crippen LogP contribution in [0, 0.1) is 0 Å². The molecule has 0 aliphatic heterocycles. The van der Waals surface area contributed by atoms with Gasteiger partial charge in [0.2, 0.25) is 0 Å². The molecule has 3 N–H and O–H groups in total. The zero-order valence-corrected chi connectivity index (χ0v) is 16.6. The SMILES string of the molecule is COCCCN(C(=O)c1ccccn1)c1c(N)n(Cc2ccccc2)c(=O)[nH]c1=O. The number of amides is 1. The van der Waals surface area contributed by atoms with E-state index in [1.54, 1.807) is 25.3 Å². The number of nitrogens with two attached hydrogens (primary N) is 1. The fraction of sp³-hybridized carbons (Fsp3) is 0.238. The van der Waals surface area contributed by atoms with Crippen LogP contribution in [0.4, 0.5) is 11.5 Å². The van der Waals surface area contributed by atoms with Gasteiger partial charge in [-0.05, 0) is 24.1 Å². The molecule has 0 saturated carbocycles. The van der Waals surface area contributed by atoms with Crippen LogP contribution in [0.2, 0.25) is 0 Å². The molecule has 1 amide bonds. The summed E-state index contributed by atoms with van der Waals surface area (Å²) in [6.45, 7) is 0.701. The minimum Gasteiger partial charge on any atom is -0.385 e. The van der Waals surface area contributed by atoms with E-state index in [0.29, 0.717) is 13.0 Å². The number of benzene rings is 1. The number of carbonyl (C=O) groups excluding carboxylic acids is 1. The van der Waals surface area contributed by atoms with Gasteiger partial charge in [-0.25, -0.2) is 4.79 Å². The topological polar surface area (TPSA) is 123 Å². The molecule has 0 saturated heterocycles. The molecule has 156 valence electrons. The van der Waals surface area contributed by atoms with Crippen molar-refractivity contribution in [3.63, 3.8) is 0 Å². The van der Waals surface area contributed by atoms with Crippen LogP contribution in [-0.2, 0) is 11.3 Å². The highest BCUT2D eigenvalue weighted by Gasteiger charge is 2.25. The smallest absolute Gasteiger partial charge is 0.330 e. The summed E-state index contributed by atoms with van der Waals surface area (Å²) in [5.74, 6) is -0.580. The van der Waals surface area contributed by atoms with E-state index in [1.807, 2.05) is 30.3 Å². The van der Waals surface area contributed by atoms with Crippen molar-refractivity contribution in [1.82, 2.24) is 14.5 Å². The highest BCUT2D eigenvalue weighted by atomic mass is 16.5. The number of aromatic amines is 1. The van der Waals surface area contributed by atoms with Gasteiger partial charge in [-0.3, -0.25) is 29.0 Å². The molecule has 0 radical (unpaired) electrons. The maximum absolute atomic E-state index is 13.1. The van der Waals surface area contributed by atoms with E-state index in [-0.39, 0.29) is 30.3 Å². The maximum atomic E-state index is 13.1. The number of aromatic nitrogens is 3. The second kappa shape index (κ2) is 9.66. The van der Waals surface area contributed by atoms with Crippen LogP contribution in [-0.4, -0.2) is 40.7 Å². The molecule has 0 aliphatic carbocycles. The van der Waals surface area contributed by atoms with Gasteiger partial charge in [0.1, 0.15) is 11.5 Å². The highest BCUT2D eigenvalue weighted by molar-refractivity contribution is 6.05. The molecule has 0 aliphatic rings. The van der Waals surface area contributed by atoms with Crippen LogP contribution in [0.5, 0.6) is 0 Å². The van der Waals surface area contributed by atoms with E-state index in [9.17, 15) is 14.4 Å². The fourth-order valence-electron chi connectivity index (χ4n) is 3.07. The normalized spacial score (nSPS) is 10.7. The van der Waals surface area contributed by atoms with Crippen molar-refractivity contribution < 1.29 is 9.53 Å². The summed E-state index contributed by atoms with van der Waals surface area (Å²) in [7, 11) is 1.55. The Labute approximate surface area is 172 Å². The average molecular weight is 409 g/mol. The molecule has 30 heavy (non-hydrogen) atoms. The number of methoxy groups -OCH3 is 1. The lowest BCUT2D eigenvalue weighted by molar-refractivity contribution is 0.0978. The predicted molar refractivity (Wildman–Crippen MR) is 114 cm³/mol. The van der Waals surface area contributed by atoms with Crippen molar-refractivity contribution in [2.75, 3.05) is 30.9 Å². The molecule has 0 unspecified atom stereocenters. The van der Waals surface area contributed by atoms with Crippen LogP contribution >= 0.6 is 0 Å². The van der Waals surface area contributed by atoms with Gasteiger partial charge in [0.25, 0.3) is 11.5 Å². The van der Waals surface area contributed by atoms with Gasteiger partial charge in [0.15, 0.2) is 5.69 Å². The fourth-order valence-corrected chi connectivity index (χ4v) is 3.07. The Balaban J connectivity index is 2.08. The Kier molecular flexibility index (Phi) is 6.76. The number of anilines is 2. The van der Waals surface area contributed by atoms with Crippen LogP contribution < -0.4 is 21.9 Å². The molecule has 3 rings (SSSR count). The third-order valence-corrected chi connectivity index (χ3v) is 4.53. The minimum atomic E-state index is -0.733. The summed E-state index contributed by atoms with van der Waals surface area (Å²) >= 11 is 0. The summed E-state index contributed by atoms with van der Waals surface area (Å²) in [6, 6.07) is 14.1. The molecule has 0 atom stereocenters. The lowest BCUT2D eigenvalue weighted by Gasteiger charge is -2.24. The summed E-state index contributed by atoms with van der Waals surface area (Å²) in [5.41, 5.74) is 5.77. The van der Waals surface area contributed by atoms with Crippen LogP contribution in [0.3, 0.4) is 0 Å². The molecule has 3 aromatic rings. The van der Waals surface area contributed by atoms with E-state index >= 15 is 0 Å². The number of H-pyrrole nitrogens is 1. The number of rotatable bonds is 8. The lowest BCUT2D eigenvalue weighted by Crippen LogP contribution is -2.42. The molecule has 9 heteroatoms. The summed E-state index contributed by atoms with van der Waals surface area (Å²) < 4.78 is 6.31. The monoisotopic (exact) mass is 409 g/mol. The number of nitrogens with zero attached hydrogens (tertiary/aromatic N) is 3. The average Bonchev–Trinajstić information content (AvgIpc) is 2.76. The van der Waals surface area contributed by atoms with E-state index in [0.717, 1.165) is 5.56 Å². The number of nitrogen functional groups attached to an aromatic ring is 1. The molecule has 0 bridgehead atoms. The Bertz CT molecular complexity index is 1110. The first kappa shape index (κ1) is 21.0. The van der Waals surface area contributed by atoms with Gasteiger partial charge >= 0.3 is 5.69 Å². The van der Waals surface area contributed by atoms with Crippen molar-refractivity contribution in [1.29, 1.82) is 0 Å². The Hall–Kier alpha value is -3.72. The van der Waals surface area contributed by atoms with Gasteiger partial charge in [0, 0.05) is 26.5 Å². The molecule has 2 heterocycles. The van der Waals surface area contributed by atoms with Crippen molar-refractivity contribution >= 4 is 17.4 Å². The van der Waals surface area contributed by atoms with Crippen molar-refractivity contribution in [2.24, 2.45) is 0 Å². The molecular formula is C21H23N5O4. The van der Waals surface area contributed by atoms with Crippen molar-refractivity contribution in [2.45, 2.75) is 13.0 Å². The third kappa shape index (κ3) is 4.64. The van der Waals surface area contributed by atoms with Crippen molar-refractivity contribution in [3.05, 3.63) is 86.8 Å². The van der Waals surface area contributed by atoms with Crippen LogP contribution in [0.15, 0.2) is 64.3 Å². The third-order valence-electron chi connectivity index (χ3n) is 4.53. The van der Waals surface area contributed by atoms with Crippen LogP contribution in [0.1, 0.15) is 22.5 Å². The zero-order valence-electron chi connectivity index (χ0n) is 16.6. The highest BCUT2D eigenvalue weighted by Crippen LogP contribution is 2.20. The minimum absolute atomic E-state index is 0.0858. The first-order valence-electron chi connectivity index (χ1n) is 9.41. The van der Waals surface area contributed by atoms with Crippen LogP contribution in [0.25, 0.3) is 0 Å². The predicted octanol–water partition coefficient (Wildman–Crippen LogP) is 1.25. The zero-order chi connectivity index (χ0) is 21.5. The molecule has 0 spiro atoms. The number of pyridine rings is 1. The second-order valence-electron chi connectivity index (χ2n) is 6.58.